The van der Waals surface area contributed by atoms with E-state index in [1.807, 2.05) is 24.3 Å². The van der Waals surface area contributed by atoms with E-state index in [1.165, 1.54) is 6.20 Å². The van der Waals surface area contributed by atoms with Crippen molar-refractivity contribution in [3.8, 4) is 5.75 Å². The summed E-state index contributed by atoms with van der Waals surface area (Å²) in [5, 5.41) is 0.0691. The molecule has 0 bridgehead atoms. The second-order valence-electron chi connectivity index (χ2n) is 5.69. The van der Waals surface area contributed by atoms with E-state index in [1.54, 1.807) is 24.1 Å². The molecule has 0 saturated carbocycles. The Bertz CT molecular complexity index is 768. The van der Waals surface area contributed by atoms with Gasteiger partial charge in [-0.25, -0.2) is 4.98 Å². The molecule has 2 aromatic rings. The Hall–Kier alpha value is -2.35. The molecule has 3 rings (SSSR count). The quantitative estimate of drug-likeness (QED) is 0.746. The highest BCUT2D eigenvalue weighted by Crippen LogP contribution is 2.30. The highest BCUT2D eigenvalue weighted by atomic mass is 32.2. The first-order chi connectivity index (χ1) is 12.6. The van der Waals surface area contributed by atoms with E-state index in [9.17, 15) is 13.6 Å². The third kappa shape index (κ3) is 4.07. The zero-order valence-electron chi connectivity index (χ0n) is 14.3. The van der Waals surface area contributed by atoms with Crippen molar-refractivity contribution in [2.45, 2.75) is 10.8 Å². The van der Waals surface area contributed by atoms with Gasteiger partial charge in [0.2, 0.25) is 0 Å². The topological polar surface area (TPSA) is 45.7 Å². The molecule has 1 amide bonds. The molecule has 0 N–H and O–H groups in total. The largest absolute Gasteiger partial charge is 0.495 e. The van der Waals surface area contributed by atoms with Crippen molar-refractivity contribution in [1.82, 2.24) is 9.88 Å². The molecule has 1 aromatic heterocycles. The Morgan fingerprint density at radius 1 is 1.15 bits per heavy atom. The van der Waals surface area contributed by atoms with Gasteiger partial charge >= 0.3 is 0 Å². The number of aromatic nitrogens is 1. The van der Waals surface area contributed by atoms with E-state index in [2.05, 4.69) is 9.88 Å². The van der Waals surface area contributed by atoms with Crippen molar-refractivity contribution in [3.63, 3.8) is 0 Å². The molecule has 0 radical (unpaired) electrons. The Morgan fingerprint density at radius 2 is 1.88 bits per heavy atom. The highest BCUT2D eigenvalue weighted by Gasteiger charge is 2.26. The number of methoxy groups -OCH3 is 1. The van der Waals surface area contributed by atoms with Gasteiger partial charge in [0.1, 0.15) is 10.8 Å². The van der Waals surface area contributed by atoms with E-state index in [0.29, 0.717) is 37.9 Å². The van der Waals surface area contributed by atoms with Crippen molar-refractivity contribution < 1.29 is 18.3 Å². The SMILES string of the molecule is COc1ccccc1N1CCN(C(=O)c2cccnc2SC(F)F)CC1. The number of para-hydroxylation sites is 2. The second kappa shape index (κ2) is 8.35. The summed E-state index contributed by atoms with van der Waals surface area (Å²) in [5.74, 6) is -2.09. The number of thioether (sulfide) groups is 1. The minimum Gasteiger partial charge on any atom is -0.495 e. The number of nitrogens with zero attached hydrogens (tertiary/aromatic N) is 3. The van der Waals surface area contributed by atoms with Crippen molar-refractivity contribution in [3.05, 3.63) is 48.2 Å². The average Bonchev–Trinajstić information content (AvgIpc) is 2.67. The van der Waals surface area contributed by atoms with Crippen LogP contribution in [-0.4, -0.2) is 54.8 Å². The summed E-state index contributed by atoms with van der Waals surface area (Å²) in [5.41, 5.74) is 1.21. The van der Waals surface area contributed by atoms with Crippen molar-refractivity contribution in [1.29, 1.82) is 0 Å². The summed E-state index contributed by atoms with van der Waals surface area (Å²) >= 11 is 0.301. The molecule has 8 heteroatoms. The first kappa shape index (κ1) is 18.4. The Kier molecular flexibility index (Phi) is 5.92. The van der Waals surface area contributed by atoms with Gasteiger partial charge in [0.25, 0.3) is 11.7 Å². The molecular weight excluding hydrogens is 360 g/mol. The van der Waals surface area contributed by atoms with Gasteiger partial charge in [0, 0.05) is 32.4 Å². The van der Waals surface area contributed by atoms with Gasteiger partial charge < -0.3 is 14.5 Å². The van der Waals surface area contributed by atoms with E-state index in [4.69, 9.17) is 4.74 Å². The lowest BCUT2D eigenvalue weighted by molar-refractivity contribution is 0.0742. The number of anilines is 1. The molecule has 2 heterocycles. The number of halogens is 2. The third-order valence-electron chi connectivity index (χ3n) is 4.20. The number of piperazine rings is 1. The standard InChI is InChI=1S/C18H19F2N3O2S/c1-25-15-7-3-2-6-14(15)22-9-11-23(12-10-22)17(24)13-5-4-8-21-16(13)26-18(19)20/h2-8,18H,9-12H2,1H3. The Balaban J connectivity index is 1.69. The van der Waals surface area contributed by atoms with Gasteiger partial charge in [-0.05, 0) is 36.0 Å². The lowest BCUT2D eigenvalue weighted by atomic mass is 10.2. The Morgan fingerprint density at radius 3 is 2.58 bits per heavy atom. The van der Waals surface area contributed by atoms with Crippen LogP contribution in [0.2, 0.25) is 0 Å². The van der Waals surface area contributed by atoms with Crippen LogP contribution in [0.25, 0.3) is 0 Å². The van der Waals surface area contributed by atoms with E-state index >= 15 is 0 Å². The van der Waals surface area contributed by atoms with Crippen LogP contribution in [-0.2, 0) is 0 Å². The molecule has 1 aliphatic heterocycles. The number of ether oxygens (including phenoxy) is 1. The maximum Gasteiger partial charge on any atom is 0.290 e. The normalized spacial score (nSPS) is 14.6. The fourth-order valence-corrected chi connectivity index (χ4v) is 3.52. The van der Waals surface area contributed by atoms with E-state index < -0.39 is 5.76 Å². The van der Waals surface area contributed by atoms with Crippen molar-refractivity contribution in [2.75, 3.05) is 38.2 Å². The van der Waals surface area contributed by atoms with Crippen LogP contribution in [0.1, 0.15) is 10.4 Å². The number of amides is 1. The van der Waals surface area contributed by atoms with Crippen LogP contribution in [0.3, 0.4) is 0 Å². The third-order valence-corrected chi connectivity index (χ3v) is 4.92. The molecule has 1 aromatic carbocycles. The predicted octanol–water partition coefficient (Wildman–Crippen LogP) is 3.37. The molecule has 1 saturated heterocycles. The van der Waals surface area contributed by atoms with E-state index in [-0.39, 0.29) is 16.5 Å². The first-order valence-electron chi connectivity index (χ1n) is 8.17. The van der Waals surface area contributed by atoms with Crippen molar-refractivity contribution in [2.24, 2.45) is 0 Å². The van der Waals surface area contributed by atoms with Gasteiger partial charge in [-0.3, -0.25) is 4.79 Å². The fraction of sp³-hybridized carbons (Fsp3) is 0.333. The number of pyridine rings is 1. The number of alkyl halides is 2. The molecule has 0 unspecified atom stereocenters. The zero-order valence-corrected chi connectivity index (χ0v) is 15.1. The fourth-order valence-electron chi connectivity index (χ4n) is 2.94. The van der Waals surface area contributed by atoms with Gasteiger partial charge in [-0.1, -0.05) is 12.1 Å². The minimum atomic E-state index is -2.61. The zero-order chi connectivity index (χ0) is 18.5. The summed E-state index contributed by atoms with van der Waals surface area (Å²) in [4.78, 5) is 20.5. The maximum absolute atomic E-state index is 12.8. The van der Waals surface area contributed by atoms with Crippen LogP contribution in [0, 0.1) is 0 Å². The van der Waals surface area contributed by atoms with E-state index in [0.717, 1.165) is 11.4 Å². The summed E-state index contributed by atoms with van der Waals surface area (Å²) in [6.07, 6.45) is 1.42. The second-order valence-corrected chi connectivity index (χ2v) is 6.66. The molecule has 0 atom stereocenters. The van der Waals surface area contributed by atoms with Crippen LogP contribution in [0.4, 0.5) is 14.5 Å². The number of hydrogen-bond donors (Lipinski definition) is 0. The summed E-state index contributed by atoms with van der Waals surface area (Å²) in [6.45, 7) is 2.29. The van der Waals surface area contributed by atoms with Crippen LogP contribution in [0.15, 0.2) is 47.6 Å². The predicted molar refractivity (Wildman–Crippen MR) is 97.2 cm³/mol. The summed E-state index contributed by atoms with van der Waals surface area (Å²) in [7, 11) is 1.63. The molecule has 26 heavy (non-hydrogen) atoms. The molecule has 1 aliphatic rings. The molecule has 5 nitrogen and oxygen atoms in total. The summed E-state index contributed by atoms with van der Waals surface area (Å²) < 4.78 is 30.8. The molecule has 0 aliphatic carbocycles. The van der Waals surface area contributed by atoms with Gasteiger partial charge in [0.15, 0.2) is 0 Å². The van der Waals surface area contributed by atoms with Crippen molar-refractivity contribution >= 4 is 23.4 Å². The van der Waals surface area contributed by atoms with Gasteiger partial charge in [-0.15, -0.1) is 0 Å². The lowest BCUT2D eigenvalue weighted by Crippen LogP contribution is -2.49. The van der Waals surface area contributed by atoms with Crippen LogP contribution >= 0.6 is 11.8 Å². The number of rotatable bonds is 5. The summed E-state index contributed by atoms with van der Waals surface area (Å²) in [6, 6.07) is 10.9. The molecular formula is C18H19F2N3O2S. The smallest absolute Gasteiger partial charge is 0.290 e. The van der Waals surface area contributed by atoms with Gasteiger partial charge in [0.05, 0.1) is 18.4 Å². The van der Waals surface area contributed by atoms with Gasteiger partial charge in [-0.2, -0.15) is 8.78 Å². The monoisotopic (exact) mass is 379 g/mol. The van der Waals surface area contributed by atoms with Crippen LogP contribution < -0.4 is 9.64 Å². The number of benzene rings is 1. The molecule has 138 valence electrons. The minimum absolute atomic E-state index is 0.0691. The lowest BCUT2D eigenvalue weighted by Gasteiger charge is -2.36. The molecule has 1 fully saturated rings. The molecule has 0 spiro atoms. The number of carbonyl (C=O) groups excluding carboxylic acids is 1. The Labute approximate surface area is 155 Å². The average molecular weight is 379 g/mol. The first-order valence-corrected chi connectivity index (χ1v) is 9.05. The van der Waals surface area contributed by atoms with Crippen LogP contribution in [0.5, 0.6) is 5.75 Å². The number of carbonyl (C=O) groups is 1. The number of hydrogen-bond acceptors (Lipinski definition) is 5. The maximum atomic E-state index is 12.8. The highest BCUT2D eigenvalue weighted by molar-refractivity contribution is 7.99.